The number of amides is 1. The molecule has 0 unspecified atom stereocenters. The largest absolute Gasteiger partial charge is 0.378 e. The number of hydrogen-bond acceptors (Lipinski definition) is 4. The van der Waals surface area contributed by atoms with E-state index in [1.54, 1.807) is 12.1 Å². The van der Waals surface area contributed by atoms with Crippen LogP contribution in [0.25, 0.3) is 0 Å². The van der Waals surface area contributed by atoms with Crippen LogP contribution in [0, 0.1) is 0 Å². The maximum Gasteiger partial charge on any atom is 0.240 e. The Morgan fingerprint density at radius 2 is 1.56 bits per heavy atom. The van der Waals surface area contributed by atoms with Crippen molar-refractivity contribution < 1.29 is 13.2 Å². The van der Waals surface area contributed by atoms with E-state index in [0.717, 1.165) is 29.1 Å². The van der Waals surface area contributed by atoms with Gasteiger partial charge >= 0.3 is 0 Å². The Hall–Kier alpha value is -2.54. The van der Waals surface area contributed by atoms with E-state index in [1.807, 2.05) is 61.5 Å². The van der Waals surface area contributed by atoms with E-state index in [2.05, 4.69) is 5.32 Å². The van der Waals surface area contributed by atoms with E-state index in [0.29, 0.717) is 12.2 Å². The first-order valence-electron chi connectivity index (χ1n) is 8.83. The van der Waals surface area contributed by atoms with Crippen LogP contribution in [0.15, 0.2) is 54.6 Å². The smallest absolute Gasteiger partial charge is 0.240 e. The van der Waals surface area contributed by atoms with Gasteiger partial charge in [-0.2, -0.15) is 0 Å². The molecular formula is C20H27N3O3S. The van der Waals surface area contributed by atoms with E-state index in [1.165, 1.54) is 5.56 Å². The third-order valence-corrected chi connectivity index (χ3v) is 5.29. The molecule has 146 valence electrons. The second kappa shape index (κ2) is 9.41. The van der Waals surface area contributed by atoms with Gasteiger partial charge in [-0.15, -0.1) is 0 Å². The quantitative estimate of drug-likeness (QED) is 0.668. The fraction of sp³-hybridized carbons (Fsp3) is 0.350. The Labute approximate surface area is 161 Å². The molecule has 0 bridgehead atoms. The van der Waals surface area contributed by atoms with Crippen molar-refractivity contribution in [2.75, 3.05) is 42.6 Å². The highest BCUT2D eigenvalue weighted by molar-refractivity contribution is 7.92. The first kappa shape index (κ1) is 20.8. The highest BCUT2D eigenvalue weighted by Crippen LogP contribution is 2.21. The average molecular weight is 390 g/mol. The van der Waals surface area contributed by atoms with Crippen LogP contribution in [0.3, 0.4) is 0 Å². The predicted octanol–water partition coefficient (Wildman–Crippen LogP) is 2.27. The monoisotopic (exact) mass is 389 g/mol. The van der Waals surface area contributed by atoms with E-state index < -0.39 is 10.0 Å². The number of carbonyl (C=O) groups is 1. The molecule has 0 aromatic heterocycles. The summed E-state index contributed by atoms with van der Waals surface area (Å²) in [6.07, 6.45) is 2.77. The summed E-state index contributed by atoms with van der Waals surface area (Å²) in [5.41, 5.74) is 2.64. The molecule has 0 aliphatic carbocycles. The van der Waals surface area contributed by atoms with Crippen molar-refractivity contribution >= 4 is 27.3 Å². The van der Waals surface area contributed by atoms with Crippen LogP contribution < -0.4 is 14.5 Å². The van der Waals surface area contributed by atoms with Crippen LogP contribution in [0.2, 0.25) is 0 Å². The summed E-state index contributed by atoms with van der Waals surface area (Å²) in [7, 11) is 0.257. The van der Waals surface area contributed by atoms with Crippen LogP contribution in [0.1, 0.15) is 12.0 Å². The van der Waals surface area contributed by atoms with E-state index in [-0.39, 0.29) is 12.5 Å². The zero-order chi connectivity index (χ0) is 19.9. The summed E-state index contributed by atoms with van der Waals surface area (Å²) >= 11 is 0. The lowest BCUT2D eigenvalue weighted by molar-refractivity contribution is -0.119. The van der Waals surface area contributed by atoms with Gasteiger partial charge in [0.25, 0.3) is 0 Å². The Morgan fingerprint density at radius 1 is 0.963 bits per heavy atom. The molecule has 0 saturated carbocycles. The van der Waals surface area contributed by atoms with Gasteiger partial charge in [0.15, 0.2) is 0 Å². The molecule has 27 heavy (non-hydrogen) atoms. The molecule has 0 spiro atoms. The lowest BCUT2D eigenvalue weighted by Crippen LogP contribution is -2.40. The molecule has 0 aliphatic rings. The Bertz CT molecular complexity index is 835. The number of hydrogen-bond donors (Lipinski definition) is 1. The van der Waals surface area contributed by atoms with Crippen molar-refractivity contribution in [3.63, 3.8) is 0 Å². The summed E-state index contributed by atoms with van der Waals surface area (Å²) < 4.78 is 25.4. The van der Waals surface area contributed by atoms with Gasteiger partial charge in [-0.25, -0.2) is 8.42 Å². The summed E-state index contributed by atoms with van der Waals surface area (Å²) in [5, 5.41) is 2.80. The van der Waals surface area contributed by atoms with Crippen LogP contribution in [-0.2, 0) is 21.2 Å². The Balaban J connectivity index is 1.92. The highest BCUT2D eigenvalue weighted by Gasteiger charge is 2.20. The van der Waals surface area contributed by atoms with Gasteiger partial charge in [-0.1, -0.05) is 30.3 Å². The van der Waals surface area contributed by atoms with Crippen molar-refractivity contribution in [2.24, 2.45) is 0 Å². The van der Waals surface area contributed by atoms with Gasteiger partial charge in [0.05, 0.1) is 11.9 Å². The molecule has 2 aromatic carbocycles. The number of sulfonamides is 1. The molecule has 0 fully saturated rings. The minimum atomic E-state index is -3.56. The van der Waals surface area contributed by atoms with Crippen LogP contribution in [0.5, 0.6) is 0 Å². The average Bonchev–Trinajstić information content (AvgIpc) is 2.63. The molecule has 6 nitrogen and oxygen atoms in total. The van der Waals surface area contributed by atoms with Gasteiger partial charge < -0.3 is 10.2 Å². The molecule has 7 heteroatoms. The number of anilines is 2. The maximum absolute atomic E-state index is 12.2. The third kappa shape index (κ3) is 6.60. The topological polar surface area (TPSA) is 69.7 Å². The summed E-state index contributed by atoms with van der Waals surface area (Å²) in [5.74, 6) is -0.315. The Kier molecular flexibility index (Phi) is 7.24. The number of rotatable bonds is 9. The lowest BCUT2D eigenvalue weighted by atomic mass is 10.1. The second-order valence-corrected chi connectivity index (χ2v) is 8.53. The predicted molar refractivity (Wildman–Crippen MR) is 111 cm³/mol. The minimum Gasteiger partial charge on any atom is -0.378 e. The van der Waals surface area contributed by atoms with Gasteiger partial charge in [-0.05, 0) is 42.7 Å². The van der Waals surface area contributed by atoms with Gasteiger partial charge in [-0.3, -0.25) is 9.10 Å². The van der Waals surface area contributed by atoms with E-state index in [4.69, 9.17) is 0 Å². The van der Waals surface area contributed by atoms with E-state index >= 15 is 0 Å². The number of nitrogens with one attached hydrogen (secondary N) is 1. The second-order valence-electron chi connectivity index (χ2n) is 6.62. The number of nitrogens with zero attached hydrogens (tertiary/aromatic N) is 2. The summed E-state index contributed by atoms with van der Waals surface area (Å²) in [4.78, 5) is 14.2. The van der Waals surface area contributed by atoms with Gasteiger partial charge in [0.2, 0.25) is 15.9 Å². The molecule has 0 aliphatic heterocycles. The van der Waals surface area contributed by atoms with Crippen molar-refractivity contribution in [1.82, 2.24) is 5.32 Å². The zero-order valence-corrected chi connectivity index (χ0v) is 16.9. The summed E-state index contributed by atoms with van der Waals surface area (Å²) in [6.45, 7) is 0.274. The number of aryl methyl sites for hydroxylation is 1. The molecule has 2 rings (SSSR count). The summed E-state index contributed by atoms with van der Waals surface area (Å²) in [6, 6.07) is 17.1. The van der Waals surface area contributed by atoms with Crippen molar-refractivity contribution in [3.05, 3.63) is 60.2 Å². The van der Waals surface area contributed by atoms with Crippen molar-refractivity contribution in [2.45, 2.75) is 12.8 Å². The molecule has 1 amide bonds. The van der Waals surface area contributed by atoms with Crippen molar-refractivity contribution in [1.29, 1.82) is 0 Å². The molecule has 2 aromatic rings. The van der Waals surface area contributed by atoms with Gasteiger partial charge in [0.1, 0.15) is 6.54 Å². The molecule has 0 heterocycles. The molecule has 1 N–H and O–H groups in total. The highest BCUT2D eigenvalue weighted by atomic mass is 32.2. The first-order valence-corrected chi connectivity index (χ1v) is 10.7. The number of benzene rings is 2. The maximum atomic E-state index is 12.2. The van der Waals surface area contributed by atoms with Crippen LogP contribution in [-0.4, -0.2) is 47.8 Å². The molecule has 0 radical (unpaired) electrons. The Morgan fingerprint density at radius 3 is 2.11 bits per heavy atom. The lowest BCUT2D eigenvalue weighted by Gasteiger charge is -2.23. The van der Waals surface area contributed by atoms with Gasteiger partial charge in [0, 0.05) is 26.3 Å². The standard InChI is InChI=1S/C20H27N3O3S/c1-22(2)18-11-13-19(14-12-18)23(27(3,25)26)16-20(24)21-15-7-10-17-8-5-4-6-9-17/h4-6,8-9,11-14H,7,10,15-16H2,1-3H3,(H,21,24). The SMILES string of the molecule is CN(C)c1ccc(N(CC(=O)NCCCc2ccccc2)S(C)(=O)=O)cc1. The normalized spacial score (nSPS) is 11.1. The molecule has 0 atom stereocenters. The fourth-order valence-electron chi connectivity index (χ4n) is 2.67. The van der Waals surface area contributed by atoms with Crippen LogP contribution >= 0.6 is 0 Å². The van der Waals surface area contributed by atoms with E-state index in [9.17, 15) is 13.2 Å². The third-order valence-electron chi connectivity index (χ3n) is 4.15. The molecule has 0 saturated heterocycles. The van der Waals surface area contributed by atoms with Crippen LogP contribution in [0.4, 0.5) is 11.4 Å². The van der Waals surface area contributed by atoms with Crippen molar-refractivity contribution in [3.8, 4) is 0 Å². The fourth-order valence-corrected chi connectivity index (χ4v) is 3.52. The zero-order valence-electron chi connectivity index (χ0n) is 16.1. The minimum absolute atomic E-state index is 0.231. The number of carbonyl (C=O) groups excluding carboxylic acids is 1. The molecular weight excluding hydrogens is 362 g/mol. The first-order chi connectivity index (χ1) is 12.8.